The SMILES string of the molecule is COc1ccc(O[C@H]2O[C@H](C)[C@@H](O)[C@H](O[C@@H]3OC[C@@H](O[C@@H]4O[C@H](CO)[C@H](O)[C@H](O)[C@H]4O[C@@H]4O[C@H](C)[C@H](O)[C@H](O)[C@H]4O)[C@H](O)[C@H]3O[C@@H]3O[C@H](C)[C@@H](O)[C@H](O)[C@H]3O)[C@H]2O)cc1. The van der Waals surface area contributed by atoms with Crippen LogP contribution in [-0.2, 0) is 42.6 Å². The number of hydrogen-bond acceptors (Lipinski definition) is 23. The zero-order valence-corrected chi connectivity index (χ0v) is 32.4. The first-order valence-electron chi connectivity index (χ1n) is 19.2. The van der Waals surface area contributed by atoms with Crippen LogP contribution in [0.5, 0.6) is 11.5 Å². The monoisotopic (exact) mass is 856 g/mol. The molecule has 5 aliphatic heterocycles. The number of ether oxygens (including phenoxy) is 11. The van der Waals surface area contributed by atoms with E-state index in [-0.39, 0.29) is 5.75 Å². The van der Waals surface area contributed by atoms with Crippen molar-refractivity contribution in [2.45, 2.75) is 168 Å². The molecule has 23 nitrogen and oxygen atoms in total. The highest BCUT2D eigenvalue weighted by Gasteiger charge is 2.55. The predicted octanol–water partition coefficient (Wildman–Crippen LogP) is -6.11. The molecule has 5 aliphatic rings. The summed E-state index contributed by atoms with van der Waals surface area (Å²) >= 11 is 0. The Morgan fingerprint density at radius 2 is 0.966 bits per heavy atom. The minimum Gasteiger partial charge on any atom is -0.497 e. The van der Waals surface area contributed by atoms with Crippen LogP contribution in [0.25, 0.3) is 0 Å². The van der Waals surface area contributed by atoms with Crippen molar-refractivity contribution in [3.8, 4) is 11.5 Å². The topological polar surface area (TPSA) is 344 Å². The van der Waals surface area contributed by atoms with Gasteiger partial charge in [-0.2, -0.15) is 0 Å². The van der Waals surface area contributed by atoms with Gasteiger partial charge in [0.15, 0.2) is 25.2 Å². The molecule has 5 fully saturated rings. The summed E-state index contributed by atoms with van der Waals surface area (Å²) in [7, 11) is 1.48. The average molecular weight is 857 g/mol. The molecule has 0 amide bonds. The van der Waals surface area contributed by atoms with Crippen LogP contribution in [0.1, 0.15) is 20.8 Å². The highest BCUT2D eigenvalue weighted by Crippen LogP contribution is 2.36. The molecule has 338 valence electrons. The molecule has 5 saturated heterocycles. The normalized spacial score (nSPS) is 49.6. The lowest BCUT2D eigenvalue weighted by Crippen LogP contribution is -2.67. The average Bonchev–Trinajstić information content (AvgIpc) is 3.22. The van der Waals surface area contributed by atoms with Crippen LogP contribution in [0.4, 0.5) is 0 Å². The van der Waals surface area contributed by atoms with E-state index in [2.05, 4.69) is 0 Å². The molecule has 24 atom stereocenters. The van der Waals surface area contributed by atoms with Gasteiger partial charge in [-0.25, -0.2) is 0 Å². The maximum atomic E-state index is 11.9. The number of hydrogen-bond donors (Lipinski definition) is 12. The summed E-state index contributed by atoms with van der Waals surface area (Å²) in [5.41, 5.74) is 0. The zero-order valence-electron chi connectivity index (χ0n) is 32.4. The Kier molecular flexibility index (Phi) is 15.4. The Labute approximate surface area is 337 Å². The third-order valence-electron chi connectivity index (χ3n) is 11.1. The second-order valence-electron chi connectivity index (χ2n) is 15.2. The molecule has 0 unspecified atom stereocenters. The van der Waals surface area contributed by atoms with Crippen LogP contribution >= 0.6 is 0 Å². The molecule has 6 rings (SSSR count). The van der Waals surface area contributed by atoms with Crippen molar-refractivity contribution < 1.29 is 113 Å². The van der Waals surface area contributed by atoms with Gasteiger partial charge < -0.3 is 113 Å². The first-order valence-corrected chi connectivity index (χ1v) is 19.2. The van der Waals surface area contributed by atoms with E-state index in [0.29, 0.717) is 5.75 Å². The minimum absolute atomic E-state index is 0.266. The Balaban J connectivity index is 1.24. The number of benzene rings is 1. The fraction of sp³-hybridized carbons (Fsp3) is 0.833. The first kappa shape index (κ1) is 46.5. The van der Waals surface area contributed by atoms with E-state index in [1.54, 1.807) is 24.3 Å². The Hall–Kier alpha value is -2.02. The van der Waals surface area contributed by atoms with Crippen LogP contribution in [0.15, 0.2) is 24.3 Å². The van der Waals surface area contributed by atoms with Gasteiger partial charge in [-0.3, -0.25) is 0 Å². The molecule has 1 aromatic carbocycles. The van der Waals surface area contributed by atoms with Gasteiger partial charge in [0.1, 0.15) is 109 Å². The molecule has 0 saturated carbocycles. The summed E-state index contributed by atoms with van der Waals surface area (Å²) in [5.74, 6) is 0.798. The largest absolute Gasteiger partial charge is 0.497 e. The van der Waals surface area contributed by atoms with Gasteiger partial charge in [-0.05, 0) is 45.0 Å². The van der Waals surface area contributed by atoms with Gasteiger partial charge in [0.25, 0.3) is 0 Å². The van der Waals surface area contributed by atoms with Crippen molar-refractivity contribution in [1.82, 2.24) is 0 Å². The third kappa shape index (κ3) is 9.81. The van der Waals surface area contributed by atoms with Crippen LogP contribution in [0.3, 0.4) is 0 Å². The van der Waals surface area contributed by atoms with E-state index in [0.717, 1.165) is 0 Å². The van der Waals surface area contributed by atoms with Crippen molar-refractivity contribution in [2.75, 3.05) is 20.3 Å². The van der Waals surface area contributed by atoms with Crippen molar-refractivity contribution in [2.24, 2.45) is 0 Å². The molecule has 59 heavy (non-hydrogen) atoms. The lowest BCUT2D eigenvalue weighted by Gasteiger charge is -2.49. The van der Waals surface area contributed by atoms with Gasteiger partial charge in [0, 0.05) is 0 Å². The minimum atomic E-state index is -1.91. The van der Waals surface area contributed by atoms with E-state index in [1.165, 1.54) is 27.9 Å². The van der Waals surface area contributed by atoms with Crippen LogP contribution in [0.2, 0.25) is 0 Å². The Morgan fingerprint density at radius 1 is 0.475 bits per heavy atom. The Bertz CT molecular complexity index is 1460. The molecular formula is C36H56O23. The molecule has 1 aromatic rings. The highest BCUT2D eigenvalue weighted by molar-refractivity contribution is 5.31. The maximum Gasteiger partial charge on any atom is 0.229 e. The van der Waals surface area contributed by atoms with Crippen LogP contribution in [-0.4, -0.2) is 229 Å². The van der Waals surface area contributed by atoms with E-state index < -0.39 is 161 Å². The summed E-state index contributed by atoms with van der Waals surface area (Å²) < 4.78 is 63.3. The standard InChI is InChI=1S/C36H56O23/c1-11-18(38)23(43)26(46)32(51-11)58-30-22(42)17(56-36-31(25(45)21(41)16(9-37)55-36)59-33-27(47)24(44)19(39)12(2)52-33)10-50-35(30)57-29-20(40)13(3)53-34(28(29)48)54-15-7-5-14(49-4)6-8-15/h5-8,11-13,16-48H,9-10H2,1-4H3/t11-,12-,13-,16-,17-,18-,19+,20-,21+,22+,23+,24+,25+,26-,27-,28-,29+,30-,31-,32+,33+,34-,35+,36+/m1/s1. The maximum absolute atomic E-state index is 11.9. The highest BCUT2D eigenvalue weighted by atomic mass is 16.8. The summed E-state index contributed by atoms with van der Waals surface area (Å²) in [4.78, 5) is 0. The Morgan fingerprint density at radius 3 is 1.51 bits per heavy atom. The van der Waals surface area contributed by atoms with Crippen molar-refractivity contribution >= 4 is 0 Å². The van der Waals surface area contributed by atoms with Gasteiger partial charge in [-0.1, -0.05) is 0 Å². The zero-order chi connectivity index (χ0) is 43.0. The van der Waals surface area contributed by atoms with Gasteiger partial charge in [-0.15, -0.1) is 0 Å². The molecule has 5 heterocycles. The quantitative estimate of drug-likeness (QED) is 0.0931. The molecule has 12 N–H and O–H groups in total. The molecule has 23 heteroatoms. The number of methoxy groups -OCH3 is 1. The summed E-state index contributed by atoms with van der Waals surface area (Å²) in [6, 6.07) is 6.32. The number of aliphatic hydroxyl groups is 12. The molecular weight excluding hydrogens is 800 g/mol. The van der Waals surface area contributed by atoms with E-state index >= 15 is 0 Å². The van der Waals surface area contributed by atoms with E-state index in [9.17, 15) is 61.3 Å². The van der Waals surface area contributed by atoms with Crippen molar-refractivity contribution in [1.29, 1.82) is 0 Å². The number of aliphatic hydroxyl groups excluding tert-OH is 12. The summed E-state index contributed by atoms with van der Waals surface area (Å²) in [6.45, 7) is 2.83. The molecule has 0 radical (unpaired) electrons. The second-order valence-corrected chi connectivity index (χ2v) is 15.2. The van der Waals surface area contributed by atoms with Crippen molar-refractivity contribution in [3.63, 3.8) is 0 Å². The summed E-state index contributed by atoms with van der Waals surface area (Å²) in [6.07, 6.45) is -38.8. The van der Waals surface area contributed by atoms with E-state index in [1.807, 2.05) is 0 Å². The lowest BCUT2D eigenvalue weighted by molar-refractivity contribution is -0.396. The molecule has 0 bridgehead atoms. The van der Waals surface area contributed by atoms with Crippen LogP contribution in [0, 0.1) is 0 Å². The smallest absolute Gasteiger partial charge is 0.229 e. The van der Waals surface area contributed by atoms with Crippen molar-refractivity contribution in [3.05, 3.63) is 24.3 Å². The predicted molar refractivity (Wildman–Crippen MR) is 188 cm³/mol. The van der Waals surface area contributed by atoms with Crippen LogP contribution < -0.4 is 9.47 Å². The first-order chi connectivity index (χ1) is 27.9. The molecule has 0 aliphatic carbocycles. The number of rotatable bonds is 12. The fourth-order valence-corrected chi connectivity index (χ4v) is 7.38. The van der Waals surface area contributed by atoms with Gasteiger partial charge in [0.2, 0.25) is 6.29 Å². The van der Waals surface area contributed by atoms with E-state index in [4.69, 9.17) is 52.1 Å². The van der Waals surface area contributed by atoms with Gasteiger partial charge in [0.05, 0.1) is 38.6 Å². The summed E-state index contributed by atoms with van der Waals surface area (Å²) in [5, 5.41) is 129. The fourth-order valence-electron chi connectivity index (χ4n) is 7.38. The van der Waals surface area contributed by atoms with Gasteiger partial charge >= 0.3 is 0 Å². The lowest BCUT2D eigenvalue weighted by atomic mass is 9.97. The second kappa shape index (κ2) is 19.6. The molecule has 0 aromatic heterocycles. The molecule has 0 spiro atoms. The third-order valence-corrected chi connectivity index (χ3v) is 11.1.